The quantitative estimate of drug-likeness (QED) is 0.186. The topological polar surface area (TPSA) is 59.4 Å². The summed E-state index contributed by atoms with van der Waals surface area (Å²) in [6, 6.07) is 68.1. The Morgan fingerprint density at radius 2 is 0.946 bits per heavy atom. The second kappa shape index (κ2) is 13.0. The van der Waals surface area contributed by atoms with E-state index in [4.69, 9.17) is 15.0 Å². The Kier molecular flexibility index (Phi) is 7.42. The van der Waals surface area contributed by atoms with Crippen molar-refractivity contribution in [1.29, 1.82) is 0 Å². The SMILES string of the molecule is c1ccc(-c2ccc(-c3cccc4[nH]c5cc6c7ccccc7n(-c7ccccc7)c6cc5c34)c(-c3nc(-c4ccccc4)nc(-c4ccccc4)n3)c2)cc1. The lowest BCUT2D eigenvalue weighted by Gasteiger charge is -2.15. The molecule has 3 heterocycles. The first-order chi connectivity index (χ1) is 27.8. The molecule has 0 saturated carbocycles. The van der Waals surface area contributed by atoms with Gasteiger partial charge in [0, 0.05) is 55.0 Å². The average molecular weight is 716 g/mol. The maximum absolute atomic E-state index is 5.23. The molecule has 0 amide bonds. The minimum atomic E-state index is 0.619. The Hall–Kier alpha value is -7.63. The fourth-order valence-corrected chi connectivity index (χ4v) is 8.20. The van der Waals surface area contributed by atoms with Crippen LogP contribution in [0.5, 0.6) is 0 Å². The van der Waals surface area contributed by atoms with Crippen molar-refractivity contribution < 1.29 is 0 Å². The van der Waals surface area contributed by atoms with Gasteiger partial charge >= 0.3 is 0 Å². The molecule has 0 bridgehead atoms. The number of fused-ring (bicyclic) bond motifs is 6. The molecule has 11 aromatic rings. The Balaban J connectivity index is 1.20. The van der Waals surface area contributed by atoms with Gasteiger partial charge in [0.15, 0.2) is 17.5 Å². The third kappa shape index (κ3) is 5.29. The molecule has 0 unspecified atom stereocenters. The first kappa shape index (κ1) is 31.9. The second-order valence-electron chi connectivity index (χ2n) is 14.1. The molecular formula is C51H33N5. The van der Waals surface area contributed by atoms with Crippen LogP contribution in [0.1, 0.15) is 0 Å². The number of benzene rings is 8. The molecule has 8 aromatic carbocycles. The Labute approximate surface area is 323 Å². The number of nitrogens with zero attached hydrogens (tertiary/aromatic N) is 4. The number of hydrogen-bond acceptors (Lipinski definition) is 3. The van der Waals surface area contributed by atoms with Gasteiger partial charge in [0.05, 0.1) is 11.0 Å². The van der Waals surface area contributed by atoms with Gasteiger partial charge in [0.25, 0.3) is 0 Å². The summed E-state index contributed by atoms with van der Waals surface area (Å²) >= 11 is 0. The first-order valence-corrected chi connectivity index (χ1v) is 18.9. The highest BCUT2D eigenvalue weighted by Gasteiger charge is 2.21. The molecule has 0 atom stereocenters. The zero-order valence-electron chi connectivity index (χ0n) is 30.3. The van der Waals surface area contributed by atoms with Crippen molar-refractivity contribution in [2.45, 2.75) is 0 Å². The third-order valence-electron chi connectivity index (χ3n) is 10.8. The van der Waals surface area contributed by atoms with Crippen LogP contribution in [0.3, 0.4) is 0 Å². The van der Waals surface area contributed by atoms with Crippen LogP contribution >= 0.6 is 0 Å². The maximum atomic E-state index is 5.23. The van der Waals surface area contributed by atoms with Gasteiger partial charge in [0.1, 0.15) is 0 Å². The lowest BCUT2D eigenvalue weighted by Crippen LogP contribution is -2.01. The molecule has 11 rings (SSSR count). The monoisotopic (exact) mass is 715 g/mol. The van der Waals surface area contributed by atoms with E-state index in [0.29, 0.717) is 17.5 Å². The largest absolute Gasteiger partial charge is 0.354 e. The van der Waals surface area contributed by atoms with Crippen molar-refractivity contribution in [1.82, 2.24) is 24.5 Å². The highest BCUT2D eigenvalue weighted by molar-refractivity contribution is 6.21. The van der Waals surface area contributed by atoms with Crippen LogP contribution in [0.4, 0.5) is 0 Å². The lowest BCUT2D eigenvalue weighted by molar-refractivity contribution is 1.07. The number of para-hydroxylation sites is 2. The number of aromatic nitrogens is 5. The number of aromatic amines is 1. The predicted molar refractivity (Wildman–Crippen MR) is 231 cm³/mol. The highest BCUT2D eigenvalue weighted by Crippen LogP contribution is 2.43. The van der Waals surface area contributed by atoms with Crippen LogP contribution in [-0.2, 0) is 0 Å². The van der Waals surface area contributed by atoms with Gasteiger partial charge in [0.2, 0.25) is 0 Å². The molecule has 0 saturated heterocycles. The van der Waals surface area contributed by atoms with Crippen LogP contribution in [0, 0.1) is 0 Å². The van der Waals surface area contributed by atoms with Crippen LogP contribution in [0.2, 0.25) is 0 Å². The van der Waals surface area contributed by atoms with E-state index >= 15 is 0 Å². The molecule has 1 N–H and O–H groups in total. The number of nitrogens with one attached hydrogen (secondary N) is 1. The molecule has 262 valence electrons. The van der Waals surface area contributed by atoms with Gasteiger partial charge in [-0.25, -0.2) is 15.0 Å². The van der Waals surface area contributed by atoms with Crippen molar-refractivity contribution in [3.63, 3.8) is 0 Å². The minimum Gasteiger partial charge on any atom is -0.354 e. The minimum absolute atomic E-state index is 0.619. The number of rotatable bonds is 6. The average Bonchev–Trinajstić information content (AvgIpc) is 3.81. The fraction of sp³-hybridized carbons (Fsp3) is 0. The summed E-state index contributed by atoms with van der Waals surface area (Å²) in [4.78, 5) is 19.3. The molecule has 5 nitrogen and oxygen atoms in total. The van der Waals surface area contributed by atoms with E-state index in [0.717, 1.165) is 72.0 Å². The van der Waals surface area contributed by atoms with Crippen molar-refractivity contribution in [3.8, 4) is 62.1 Å². The molecule has 0 fully saturated rings. The molecule has 0 aliphatic rings. The van der Waals surface area contributed by atoms with E-state index in [1.165, 1.54) is 16.3 Å². The molecule has 0 aliphatic carbocycles. The Morgan fingerprint density at radius 1 is 0.339 bits per heavy atom. The van der Waals surface area contributed by atoms with E-state index in [9.17, 15) is 0 Å². The predicted octanol–water partition coefficient (Wildman–Crippen LogP) is 12.9. The van der Waals surface area contributed by atoms with Gasteiger partial charge in [-0.05, 0) is 64.7 Å². The normalized spacial score (nSPS) is 11.6. The van der Waals surface area contributed by atoms with Gasteiger partial charge in [-0.1, -0.05) is 152 Å². The zero-order chi connectivity index (χ0) is 37.0. The Morgan fingerprint density at radius 3 is 1.64 bits per heavy atom. The summed E-state index contributed by atoms with van der Waals surface area (Å²) in [5.74, 6) is 1.88. The van der Waals surface area contributed by atoms with E-state index in [2.05, 4.69) is 167 Å². The van der Waals surface area contributed by atoms with Crippen LogP contribution in [0.15, 0.2) is 194 Å². The van der Waals surface area contributed by atoms with Gasteiger partial charge in [-0.15, -0.1) is 0 Å². The standard InChI is InChI=1S/C51H33N5/c1-5-16-33(17-6-1)36-28-29-38(42(30-36)51-54-49(34-18-7-2-8-19-34)53-50(55-51)35-20-9-3-10-21-35)40-25-15-26-44-48(40)43-32-47-41(31-45(43)52-44)39-24-13-14-27-46(39)56(47)37-22-11-4-12-23-37/h1-32,52H. The van der Waals surface area contributed by atoms with E-state index in [1.54, 1.807) is 0 Å². The molecule has 3 aromatic heterocycles. The van der Waals surface area contributed by atoms with Crippen LogP contribution < -0.4 is 0 Å². The maximum Gasteiger partial charge on any atom is 0.164 e. The summed E-state index contributed by atoms with van der Waals surface area (Å²) in [5.41, 5.74) is 12.8. The second-order valence-corrected chi connectivity index (χ2v) is 14.1. The van der Waals surface area contributed by atoms with Gasteiger partial charge in [-0.3, -0.25) is 0 Å². The van der Waals surface area contributed by atoms with E-state index in [1.807, 2.05) is 36.4 Å². The molecule has 0 spiro atoms. The first-order valence-electron chi connectivity index (χ1n) is 18.9. The summed E-state index contributed by atoms with van der Waals surface area (Å²) in [7, 11) is 0. The summed E-state index contributed by atoms with van der Waals surface area (Å²) in [5, 5.41) is 4.75. The van der Waals surface area contributed by atoms with Crippen LogP contribution in [0.25, 0.3) is 106 Å². The van der Waals surface area contributed by atoms with Gasteiger partial charge in [-0.2, -0.15) is 0 Å². The molecule has 0 aliphatic heterocycles. The van der Waals surface area contributed by atoms with Crippen molar-refractivity contribution >= 4 is 43.6 Å². The smallest absolute Gasteiger partial charge is 0.164 e. The van der Waals surface area contributed by atoms with Gasteiger partial charge < -0.3 is 9.55 Å². The fourth-order valence-electron chi connectivity index (χ4n) is 8.20. The lowest BCUT2D eigenvalue weighted by atomic mass is 9.91. The van der Waals surface area contributed by atoms with Crippen LogP contribution in [-0.4, -0.2) is 24.5 Å². The molecule has 56 heavy (non-hydrogen) atoms. The third-order valence-corrected chi connectivity index (χ3v) is 10.8. The van der Waals surface area contributed by atoms with Crippen molar-refractivity contribution in [2.75, 3.05) is 0 Å². The molecule has 0 radical (unpaired) electrons. The van der Waals surface area contributed by atoms with Crippen molar-refractivity contribution in [2.24, 2.45) is 0 Å². The summed E-state index contributed by atoms with van der Waals surface area (Å²) < 4.78 is 2.38. The summed E-state index contributed by atoms with van der Waals surface area (Å²) in [6.45, 7) is 0. The zero-order valence-corrected chi connectivity index (χ0v) is 30.3. The number of H-pyrrole nitrogens is 1. The van der Waals surface area contributed by atoms with Crippen molar-refractivity contribution in [3.05, 3.63) is 194 Å². The molecule has 5 heteroatoms. The molecular weight excluding hydrogens is 683 g/mol. The summed E-state index contributed by atoms with van der Waals surface area (Å²) in [6.07, 6.45) is 0. The Bertz CT molecular complexity index is 3160. The van der Waals surface area contributed by atoms with E-state index in [-0.39, 0.29) is 0 Å². The highest BCUT2D eigenvalue weighted by atomic mass is 15.0. The van der Waals surface area contributed by atoms with E-state index < -0.39 is 0 Å². The number of hydrogen-bond donors (Lipinski definition) is 1.